The standard InChI is InChI=1S/C23H27FN8O3.C2HF3O2.CHF3.CH2O2/c1-11(2)31-22-23(35)32(17(9-30-22)13-5-14(25)7-15(26)6-13)10-19(34)29-8-12-3-16(24)20(21(27)28)18(33)4-12;3-2(4,5)1(6)7;2-1(3)4;2-1-3/h3-7,9,11,33H,8,10,25-26H2,1-2H3,(H3,27,28)(H,29,34)(H,30,31);(H,6,7);1H;1H,(H,2,3). The Morgan fingerprint density at radius 2 is 1.57 bits per heavy atom. The summed E-state index contributed by atoms with van der Waals surface area (Å²) in [5, 5.41) is 36.8. The van der Waals surface area contributed by atoms with E-state index in [0.717, 1.165) is 6.07 Å². The van der Waals surface area contributed by atoms with E-state index < -0.39 is 53.3 Å². The molecular formula is C27H31F7N8O7. The minimum absolute atomic E-state index is 0.0697. The second kappa shape index (κ2) is 19.5. The number of phenols is 1. The van der Waals surface area contributed by atoms with Gasteiger partial charge in [-0.3, -0.25) is 24.4 Å². The number of hydrogen-bond donors (Lipinski definition) is 9. The fourth-order valence-corrected chi connectivity index (χ4v) is 3.49. The molecule has 0 saturated heterocycles. The number of benzene rings is 2. The van der Waals surface area contributed by atoms with Crippen LogP contribution in [0.4, 0.5) is 47.9 Å². The summed E-state index contributed by atoms with van der Waals surface area (Å²) in [4.78, 5) is 47.4. The molecule has 3 rings (SSSR count). The third-order valence-electron chi connectivity index (χ3n) is 5.19. The van der Waals surface area contributed by atoms with Crippen LogP contribution in [0.1, 0.15) is 25.0 Å². The summed E-state index contributed by atoms with van der Waals surface area (Å²) in [7, 11) is 0. The molecule has 1 heterocycles. The highest BCUT2D eigenvalue weighted by molar-refractivity contribution is 5.97. The first-order chi connectivity index (χ1) is 22.5. The van der Waals surface area contributed by atoms with E-state index in [1.165, 1.54) is 16.8 Å². The number of nitrogen functional groups attached to an aromatic ring is 3. The van der Waals surface area contributed by atoms with Gasteiger partial charge in [-0.1, -0.05) is 0 Å². The van der Waals surface area contributed by atoms with E-state index in [9.17, 15) is 45.4 Å². The number of phenolic OH excluding ortho intramolecular Hbond substituents is 1. The number of hydrogen-bond acceptors (Lipinski definition) is 10. The van der Waals surface area contributed by atoms with Gasteiger partial charge in [0.2, 0.25) is 5.91 Å². The van der Waals surface area contributed by atoms with E-state index in [1.807, 2.05) is 13.8 Å². The fraction of sp³-hybridized carbons (Fsp3) is 0.259. The number of anilines is 3. The molecule has 0 aliphatic rings. The van der Waals surface area contributed by atoms with Crippen molar-refractivity contribution < 1.29 is 60.4 Å². The van der Waals surface area contributed by atoms with Crippen molar-refractivity contribution in [2.75, 3.05) is 16.8 Å². The molecule has 15 nitrogen and oxygen atoms in total. The summed E-state index contributed by atoms with van der Waals surface area (Å²) in [6, 6.07) is 6.96. The van der Waals surface area contributed by atoms with Crippen LogP contribution in [0.3, 0.4) is 0 Å². The van der Waals surface area contributed by atoms with Crippen molar-refractivity contribution >= 4 is 41.4 Å². The fourth-order valence-electron chi connectivity index (χ4n) is 3.49. The third kappa shape index (κ3) is 15.4. The van der Waals surface area contributed by atoms with Crippen LogP contribution in [-0.2, 0) is 27.5 Å². The van der Waals surface area contributed by atoms with Gasteiger partial charge in [-0.15, -0.1) is 0 Å². The average Bonchev–Trinajstić information content (AvgIpc) is 2.93. The molecule has 270 valence electrons. The number of aliphatic carboxylic acids is 1. The smallest absolute Gasteiger partial charge is 0.490 e. The van der Waals surface area contributed by atoms with E-state index in [1.54, 1.807) is 18.2 Å². The van der Waals surface area contributed by atoms with Crippen LogP contribution in [0.15, 0.2) is 41.3 Å². The zero-order valence-corrected chi connectivity index (χ0v) is 25.4. The number of carboxylic acids is 1. The van der Waals surface area contributed by atoms with Crippen molar-refractivity contribution in [1.29, 1.82) is 5.41 Å². The Kier molecular flexibility index (Phi) is 17.1. The maximum atomic E-state index is 14.2. The van der Waals surface area contributed by atoms with E-state index >= 15 is 0 Å². The second-order valence-corrected chi connectivity index (χ2v) is 9.39. The Balaban J connectivity index is 0.00000139. The van der Waals surface area contributed by atoms with Gasteiger partial charge in [-0.25, -0.2) is 14.2 Å². The lowest BCUT2D eigenvalue weighted by atomic mass is 10.1. The Morgan fingerprint density at radius 3 is 1.98 bits per heavy atom. The first-order valence-electron chi connectivity index (χ1n) is 13.0. The van der Waals surface area contributed by atoms with Crippen LogP contribution in [-0.4, -0.2) is 68.0 Å². The summed E-state index contributed by atoms with van der Waals surface area (Å²) >= 11 is 0. The predicted octanol–water partition coefficient (Wildman–Crippen LogP) is 2.85. The molecule has 2 aromatic carbocycles. The molecule has 0 radical (unpaired) electrons. The van der Waals surface area contributed by atoms with E-state index in [0.29, 0.717) is 22.6 Å². The second-order valence-electron chi connectivity index (χ2n) is 9.39. The Hall–Kier alpha value is -6.09. The molecule has 0 aliphatic carbocycles. The maximum absolute atomic E-state index is 14.2. The van der Waals surface area contributed by atoms with Gasteiger partial charge in [0, 0.05) is 29.5 Å². The molecule has 1 amide bonds. The van der Waals surface area contributed by atoms with Crippen LogP contribution >= 0.6 is 0 Å². The number of nitrogens with two attached hydrogens (primary N) is 3. The zero-order valence-electron chi connectivity index (χ0n) is 25.4. The number of aromatic hydroxyl groups is 1. The number of alkyl halides is 6. The summed E-state index contributed by atoms with van der Waals surface area (Å²) in [6.07, 6.45) is -3.64. The number of rotatable bonds is 8. The van der Waals surface area contributed by atoms with Gasteiger partial charge in [-0.2, -0.15) is 26.3 Å². The van der Waals surface area contributed by atoms with Gasteiger partial charge in [0.15, 0.2) is 5.82 Å². The summed E-state index contributed by atoms with van der Waals surface area (Å²) in [5.74, 6) is -5.26. The van der Waals surface area contributed by atoms with Crippen molar-refractivity contribution in [3.05, 3.63) is 63.8 Å². The van der Waals surface area contributed by atoms with Crippen LogP contribution in [0.2, 0.25) is 0 Å². The van der Waals surface area contributed by atoms with Crippen molar-refractivity contribution in [3.63, 3.8) is 0 Å². The third-order valence-corrected chi connectivity index (χ3v) is 5.19. The molecule has 0 bridgehead atoms. The molecular weight excluding hydrogens is 681 g/mol. The summed E-state index contributed by atoms with van der Waals surface area (Å²) in [6.45, 7) is -0.746. The molecule has 0 aliphatic heterocycles. The Morgan fingerprint density at radius 1 is 1.08 bits per heavy atom. The molecule has 0 saturated carbocycles. The van der Waals surface area contributed by atoms with E-state index in [4.69, 9.17) is 42.4 Å². The highest BCUT2D eigenvalue weighted by Crippen LogP contribution is 2.25. The highest BCUT2D eigenvalue weighted by atomic mass is 19.4. The van der Waals surface area contributed by atoms with Crippen molar-refractivity contribution in [1.82, 2.24) is 14.9 Å². The molecule has 0 spiro atoms. The number of amides is 1. The zero-order chi connectivity index (χ0) is 38.2. The van der Waals surface area contributed by atoms with Gasteiger partial charge in [0.05, 0.1) is 17.5 Å². The van der Waals surface area contributed by atoms with Crippen molar-refractivity contribution in [3.8, 4) is 17.0 Å². The maximum Gasteiger partial charge on any atom is 0.490 e. The number of nitrogens with one attached hydrogen (secondary N) is 3. The Labute approximate surface area is 271 Å². The lowest BCUT2D eigenvalue weighted by molar-refractivity contribution is -0.192. The van der Waals surface area contributed by atoms with Crippen LogP contribution < -0.4 is 33.4 Å². The van der Waals surface area contributed by atoms with Gasteiger partial charge in [0.1, 0.15) is 23.9 Å². The number of aromatic nitrogens is 2. The number of nitrogens with zero attached hydrogens (tertiary/aromatic N) is 2. The minimum Gasteiger partial charge on any atom is -0.507 e. The predicted molar refractivity (Wildman–Crippen MR) is 162 cm³/mol. The van der Waals surface area contributed by atoms with Gasteiger partial charge >= 0.3 is 18.8 Å². The highest BCUT2D eigenvalue weighted by Gasteiger charge is 2.38. The largest absolute Gasteiger partial charge is 0.507 e. The molecule has 0 fully saturated rings. The van der Waals surface area contributed by atoms with Crippen molar-refractivity contribution in [2.45, 2.75) is 45.8 Å². The molecule has 12 N–H and O–H groups in total. The first kappa shape index (κ1) is 42.9. The molecule has 0 unspecified atom stereocenters. The van der Waals surface area contributed by atoms with Crippen LogP contribution in [0, 0.1) is 11.2 Å². The molecule has 0 atom stereocenters. The summed E-state index contributed by atoms with van der Waals surface area (Å²) in [5.41, 5.74) is 17.9. The molecule has 1 aromatic heterocycles. The van der Waals surface area contributed by atoms with E-state index in [2.05, 4.69) is 15.6 Å². The topological polar surface area (TPSA) is 273 Å². The monoisotopic (exact) mass is 712 g/mol. The van der Waals surface area contributed by atoms with Crippen LogP contribution in [0.25, 0.3) is 11.3 Å². The number of carbonyl (C=O) groups is 3. The normalized spacial score (nSPS) is 10.3. The van der Waals surface area contributed by atoms with Crippen LogP contribution in [0.5, 0.6) is 5.75 Å². The lowest BCUT2D eigenvalue weighted by Crippen LogP contribution is -2.35. The van der Waals surface area contributed by atoms with Crippen molar-refractivity contribution in [2.24, 2.45) is 5.73 Å². The van der Waals surface area contributed by atoms with Gasteiger partial charge < -0.3 is 43.2 Å². The number of amidine groups is 1. The SMILES string of the molecule is CC(C)Nc1ncc(-c2cc(N)cc(N)c2)n(CC(=O)NCc2cc(O)c(C(=N)N)c(F)c2)c1=O.FC(F)F.O=C(O)C(F)(F)F.O=CO. The average molecular weight is 713 g/mol. The van der Waals surface area contributed by atoms with E-state index in [-0.39, 0.29) is 37.0 Å². The molecule has 22 heteroatoms. The quantitative estimate of drug-likeness (QED) is 0.0536. The number of carboxylic acid groups (broad SMARTS) is 2. The minimum atomic E-state index is -5.08. The summed E-state index contributed by atoms with van der Waals surface area (Å²) < 4.78 is 76.1. The lowest BCUT2D eigenvalue weighted by Gasteiger charge is -2.17. The van der Waals surface area contributed by atoms with Gasteiger partial charge in [-0.05, 0) is 49.7 Å². The molecule has 3 aromatic rings. The molecule has 49 heavy (non-hydrogen) atoms. The number of carbonyl (C=O) groups excluding carboxylic acids is 1. The van der Waals surface area contributed by atoms with Gasteiger partial charge in [0.25, 0.3) is 12.0 Å². The Bertz CT molecular complexity index is 1620. The first-order valence-corrected chi connectivity index (χ1v) is 13.0. The number of halogens is 7.